The van der Waals surface area contributed by atoms with Crippen molar-refractivity contribution in [1.82, 2.24) is 9.80 Å². The third-order valence-corrected chi connectivity index (χ3v) is 5.25. The molecule has 0 aromatic rings. The number of rotatable bonds is 3. The molecule has 0 spiro atoms. The van der Waals surface area contributed by atoms with E-state index in [1.54, 1.807) is 19.6 Å². The van der Waals surface area contributed by atoms with E-state index in [0.717, 1.165) is 4.90 Å². The van der Waals surface area contributed by atoms with Crippen molar-refractivity contribution < 1.29 is 37.4 Å². The van der Waals surface area contributed by atoms with E-state index < -0.39 is 50.9 Å². The number of piperazine rings is 1. The SMILES string of the molecule is C[Si](C)(C)O[C@@H]([C@@H]1[C@H]2CC[C@@H](CN1C(=O)O)N2C(=O)O)C(F)(F)F. The lowest BCUT2D eigenvalue weighted by atomic mass is 9.97. The van der Waals surface area contributed by atoms with Crippen LogP contribution in [-0.4, -0.2) is 77.5 Å². The van der Waals surface area contributed by atoms with Crippen molar-refractivity contribution in [3.8, 4) is 0 Å². The van der Waals surface area contributed by atoms with E-state index in [4.69, 9.17) is 4.43 Å². The molecule has 2 aliphatic heterocycles. The molecule has 4 atom stereocenters. The van der Waals surface area contributed by atoms with Crippen LogP contribution in [0.1, 0.15) is 12.8 Å². The van der Waals surface area contributed by atoms with Crippen LogP contribution in [0.15, 0.2) is 0 Å². The highest BCUT2D eigenvalue weighted by Gasteiger charge is 2.59. The molecule has 138 valence electrons. The van der Waals surface area contributed by atoms with Crippen LogP contribution in [0.5, 0.6) is 0 Å². The van der Waals surface area contributed by atoms with Crippen molar-refractivity contribution in [2.45, 2.75) is 62.9 Å². The van der Waals surface area contributed by atoms with E-state index in [1.165, 1.54) is 0 Å². The minimum atomic E-state index is -4.79. The molecular formula is C13H21F3N2O5Si. The van der Waals surface area contributed by atoms with Gasteiger partial charge in [-0.25, -0.2) is 9.59 Å². The highest BCUT2D eigenvalue weighted by Crippen LogP contribution is 2.41. The minimum absolute atomic E-state index is 0.188. The Hall–Kier alpha value is -1.49. The standard InChI is InChI=1S/C13H21F3N2O5Si/c1-24(2,3)23-10(13(14,15)16)9-8-5-4-7(18(8)12(21)22)6-17(9)11(19)20/h7-10H,4-6H2,1-3H3,(H,19,20)(H,21,22)/t7-,8+,9-,10-/m0/s1. The summed E-state index contributed by atoms with van der Waals surface area (Å²) < 4.78 is 46.2. The van der Waals surface area contributed by atoms with Gasteiger partial charge in [-0.05, 0) is 32.5 Å². The molecule has 0 aliphatic carbocycles. The van der Waals surface area contributed by atoms with Crippen LogP contribution in [-0.2, 0) is 4.43 Å². The molecule has 24 heavy (non-hydrogen) atoms. The summed E-state index contributed by atoms with van der Waals surface area (Å²) in [7, 11) is -2.66. The van der Waals surface area contributed by atoms with Gasteiger partial charge < -0.3 is 14.6 Å². The molecule has 0 unspecified atom stereocenters. The van der Waals surface area contributed by atoms with E-state index in [1.807, 2.05) is 0 Å². The first-order valence-corrected chi connectivity index (χ1v) is 11.0. The Labute approximate surface area is 138 Å². The van der Waals surface area contributed by atoms with Crippen LogP contribution >= 0.6 is 0 Å². The maximum Gasteiger partial charge on any atom is 0.415 e. The fraction of sp³-hybridized carbons (Fsp3) is 0.846. The Morgan fingerprint density at radius 1 is 1.17 bits per heavy atom. The summed E-state index contributed by atoms with van der Waals surface area (Å²) >= 11 is 0. The molecule has 11 heteroatoms. The summed E-state index contributed by atoms with van der Waals surface area (Å²) in [4.78, 5) is 24.6. The van der Waals surface area contributed by atoms with Crippen molar-refractivity contribution in [3.63, 3.8) is 0 Å². The van der Waals surface area contributed by atoms with Gasteiger partial charge in [-0.1, -0.05) is 0 Å². The topological polar surface area (TPSA) is 90.3 Å². The molecular weight excluding hydrogens is 349 g/mol. The van der Waals surface area contributed by atoms with Crippen LogP contribution in [0.2, 0.25) is 19.6 Å². The van der Waals surface area contributed by atoms with Crippen molar-refractivity contribution >= 4 is 20.5 Å². The molecule has 2 fully saturated rings. The largest absolute Gasteiger partial charge is 0.465 e. The summed E-state index contributed by atoms with van der Waals surface area (Å²) in [5.74, 6) is 0. The smallest absolute Gasteiger partial charge is 0.415 e. The van der Waals surface area contributed by atoms with Crippen LogP contribution in [0.25, 0.3) is 0 Å². The third kappa shape index (κ3) is 3.61. The Morgan fingerprint density at radius 2 is 1.75 bits per heavy atom. The van der Waals surface area contributed by atoms with Crippen LogP contribution in [0.3, 0.4) is 0 Å². The first-order chi connectivity index (χ1) is 10.8. The third-order valence-electron chi connectivity index (χ3n) is 4.29. The van der Waals surface area contributed by atoms with Gasteiger partial charge in [0.05, 0.1) is 18.1 Å². The fourth-order valence-electron chi connectivity index (χ4n) is 3.56. The number of halogens is 3. The average molecular weight is 370 g/mol. The predicted molar refractivity (Wildman–Crippen MR) is 79.5 cm³/mol. The molecule has 2 rings (SSSR count). The number of hydrogen-bond donors (Lipinski definition) is 2. The minimum Gasteiger partial charge on any atom is -0.465 e. The Kier molecular flexibility index (Phi) is 4.79. The van der Waals surface area contributed by atoms with Crippen LogP contribution in [0.4, 0.5) is 22.8 Å². The molecule has 0 radical (unpaired) electrons. The van der Waals surface area contributed by atoms with E-state index >= 15 is 0 Å². The molecule has 0 aromatic carbocycles. The molecule has 2 amide bonds. The maximum atomic E-state index is 13.6. The second-order valence-corrected chi connectivity index (χ2v) is 11.6. The molecule has 2 bridgehead atoms. The number of likely N-dealkylation sites (tertiary alicyclic amines) is 1. The van der Waals surface area contributed by atoms with Crippen molar-refractivity contribution in [2.24, 2.45) is 0 Å². The van der Waals surface area contributed by atoms with Crippen LogP contribution in [0, 0.1) is 0 Å². The van der Waals surface area contributed by atoms with Gasteiger partial charge in [-0.2, -0.15) is 13.2 Å². The number of carboxylic acid groups (broad SMARTS) is 2. The average Bonchev–Trinajstić information content (AvgIpc) is 2.69. The van der Waals surface area contributed by atoms with Crippen LogP contribution < -0.4 is 0 Å². The fourth-order valence-corrected chi connectivity index (χ4v) is 4.60. The molecule has 2 heterocycles. The van der Waals surface area contributed by atoms with E-state index in [2.05, 4.69) is 0 Å². The number of amides is 2. The van der Waals surface area contributed by atoms with Crippen molar-refractivity contribution in [1.29, 1.82) is 0 Å². The lowest BCUT2D eigenvalue weighted by molar-refractivity contribution is -0.221. The number of carbonyl (C=O) groups is 2. The van der Waals surface area contributed by atoms with E-state index in [9.17, 15) is 33.0 Å². The van der Waals surface area contributed by atoms with Gasteiger partial charge in [0.1, 0.15) is 0 Å². The van der Waals surface area contributed by atoms with Gasteiger partial charge >= 0.3 is 18.4 Å². The quantitative estimate of drug-likeness (QED) is 0.746. The normalized spacial score (nSPS) is 28.8. The maximum absolute atomic E-state index is 13.6. The zero-order valence-electron chi connectivity index (χ0n) is 13.6. The molecule has 7 nitrogen and oxygen atoms in total. The number of hydrogen-bond acceptors (Lipinski definition) is 3. The highest BCUT2D eigenvalue weighted by molar-refractivity contribution is 6.69. The summed E-state index contributed by atoms with van der Waals surface area (Å²) in [5.41, 5.74) is 0. The zero-order chi connectivity index (χ0) is 18.4. The Bertz CT molecular complexity index is 525. The predicted octanol–water partition coefficient (Wildman–Crippen LogP) is 2.64. The second-order valence-electron chi connectivity index (χ2n) is 7.11. The number of fused-ring (bicyclic) bond motifs is 2. The van der Waals surface area contributed by atoms with Gasteiger partial charge in [-0.3, -0.25) is 9.80 Å². The summed E-state index contributed by atoms with van der Waals surface area (Å²) in [5, 5.41) is 18.7. The molecule has 0 saturated carbocycles. The summed E-state index contributed by atoms with van der Waals surface area (Å²) in [6.07, 6.45) is -9.42. The Balaban J connectivity index is 2.46. The lowest BCUT2D eigenvalue weighted by Crippen LogP contribution is -2.68. The van der Waals surface area contributed by atoms with Gasteiger partial charge in [0.2, 0.25) is 0 Å². The number of alkyl halides is 3. The summed E-state index contributed by atoms with van der Waals surface area (Å²) in [6, 6.07) is -3.26. The molecule has 2 aliphatic rings. The highest BCUT2D eigenvalue weighted by atomic mass is 28.4. The van der Waals surface area contributed by atoms with Gasteiger partial charge in [0.15, 0.2) is 14.4 Å². The molecule has 2 N–H and O–H groups in total. The first-order valence-electron chi connectivity index (χ1n) is 7.58. The van der Waals surface area contributed by atoms with E-state index in [-0.39, 0.29) is 13.0 Å². The van der Waals surface area contributed by atoms with Gasteiger partial charge in [0, 0.05) is 6.54 Å². The van der Waals surface area contributed by atoms with E-state index in [0.29, 0.717) is 11.3 Å². The first kappa shape index (κ1) is 18.8. The summed E-state index contributed by atoms with van der Waals surface area (Å²) in [6.45, 7) is 4.45. The second kappa shape index (κ2) is 6.10. The molecule has 2 saturated heterocycles. The Morgan fingerprint density at radius 3 is 2.17 bits per heavy atom. The van der Waals surface area contributed by atoms with Crippen molar-refractivity contribution in [2.75, 3.05) is 6.54 Å². The molecule has 0 aromatic heterocycles. The lowest BCUT2D eigenvalue weighted by Gasteiger charge is -2.48. The van der Waals surface area contributed by atoms with Gasteiger partial charge in [0.25, 0.3) is 0 Å². The van der Waals surface area contributed by atoms with Gasteiger partial charge in [-0.15, -0.1) is 0 Å². The number of nitrogens with zero attached hydrogens (tertiary/aromatic N) is 2. The van der Waals surface area contributed by atoms with Crippen molar-refractivity contribution in [3.05, 3.63) is 0 Å². The zero-order valence-corrected chi connectivity index (χ0v) is 14.6. The monoisotopic (exact) mass is 370 g/mol.